The third-order valence-electron chi connectivity index (χ3n) is 3.78. The van der Waals surface area contributed by atoms with Crippen LogP contribution in [0.2, 0.25) is 0 Å². The molecule has 0 spiro atoms. The number of aromatic nitrogens is 2. The van der Waals surface area contributed by atoms with E-state index in [1.165, 1.54) is 9.47 Å². The minimum Gasteiger partial charge on any atom is -0.455 e. The molecular weight excluding hydrogens is 340 g/mol. The van der Waals surface area contributed by atoms with Crippen molar-refractivity contribution in [1.82, 2.24) is 9.55 Å². The highest BCUT2D eigenvalue weighted by molar-refractivity contribution is 5.97. The first-order valence-electron chi connectivity index (χ1n) is 8.84. The van der Waals surface area contributed by atoms with Gasteiger partial charge in [-0.1, -0.05) is 34.1 Å². The van der Waals surface area contributed by atoms with Crippen LogP contribution >= 0.6 is 0 Å². The van der Waals surface area contributed by atoms with E-state index in [2.05, 4.69) is 4.98 Å². The van der Waals surface area contributed by atoms with Gasteiger partial charge in [-0.3, -0.25) is 23.9 Å². The van der Waals surface area contributed by atoms with Crippen molar-refractivity contribution in [3.8, 4) is 0 Å². The van der Waals surface area contributed by atoms with E-state index >= 15 is 0 Å². The molecule has 0 aliphatic carbocycles. The second-order valence-electron chi connectivity index (χ2n) is 6.31. The minimum absolute atomic E-state index is 0.0692. The Morgan fingerprint density at radius 2 is 1.88 bits per heavy atom. The maximum atomic E-state index is 12.6. The summed E-state index contributed by atoms with van der Waals surface area (Å²) < 4.78 is 6.20. The number of ether oxygens (including phenoxy) is 1. The Bertz CT molecular complexity index is 751. The molecular formula is C17H28N4O5. The molecule has 0 aromatic carbocycles. The highest BCUT2D eigenvalue weighted by Crippen LogP contribution is 2.18. The second-order valence-corrected chi connectivity index (χ2v) is 6.31. The summed E-state index contributed by atoms with van der Waals surface area (Å²) in [4.78, 5) is 51.9. The van der Waals surface area contributed by atoms with Gasteiger partial charge in [0.05, 0.1) is 5.92 Å². The molecule has 1 amide bonds. The van der Waals surface area contributed by atoms with Crippen LogP contribution in [0.4, 0.5) is 11.5 Å². The first-order valence-corrected chi connectivity index (χ1v) is 8.84. The molecule has 0 fully saturated rings. The van der Waals surface area contributed by atoms with Crippen LogP contribution in [0.1, 0.15) is 47.0 Å². The third kappa shape index (κ3) is 5.21. The molecule has 0 atom stereocenters. The van der Waals surface area contributed by atoms with E-state index in [-0.39, 0.29) is 24.0 Å². The van der Waals surface area contributed by atoms with Crippen molar-refractivity contribution in [3.05, 3.63) is 20.8 Å². The van der Waals surface area contributed by atoms with E-state index in [9.17, 15) is 19.2 Å². The quantitative estimate of drug-likeness (QED) is 0.622. The molecule has 3 N–H and O–H groups in total. The van der Waals surface area contributed by atoms with Crippen molar-refractivity contribution < 1.29 is 14.3 Å². The molecule has 26 heavy (non-hydrogen) atoms. The summed E-state index contributed by atoms with van der Waals surface area (Å²) in [5.41, 5.74) is 4.59. The lowest BCUT2D eigenvalue weighted by Gasteiger charge is -2.24. The zero-order chi connectivity index (χ0) is 19.9. The Hall–Kier alpha value is -2.58. The maximum Gasteiger partial charge on any atom is 0.330 e. The molecule has 1 aromatic rings. The number of nitrogens with two attached hydrogens (primary N) is 1. The van der Waals surface area contributed by atoms with Gasteiger partial charge >= 0.3 is 11.7 Å². The van der Waals surface area contributed by atoms with Crippen LogP contribution < -0.4 is 21.9 Å². The summed E-state index contributed by atoms with van der Waals surface area (Å²) in [6.45, 7) is 7.16. The van der Waals surface area contributed by atoms with Crippen molar-refractivity contribution in [2.45, 2.75) is 53.5 Å². The number of hydrogen-bond donors (Lipinski definition) is 2. The fourth-order valence-corrected chi connectivity index (χ4v) is 2.34. The molecule has 0 bridgehead atoms. The van der Waals surface area contributed by atoms with E-state index in [0.717, 1.165) is 6.42 Å². The van der Waals surface area contributed by atoms with Gasteiger partial charge in [-0.05, 0) is 12.8 Å². The summed E-state index contributed by atoms with van der Waals surface area (Å²) in [6.07, 6.45) is 2.03. The number of nitrogens with zero attached hydrogens (tertiary/aromatic N) is 2. The van der Waals surface area contributed by atoms with Gasteiger partial charge in [0.25, 0.3) is 11.5 Å². The third-order valence-corrected chi connectivity index (χ3v) is 3.78. The zero-order valence-electron chi connectivity index (χ0n) is 15.8. The normalized spacial score (nSPS) is 10.8. The molecule has 1 rings (SSSR count). The molecule has 0 saturated heterocycles. The van der Waals surface area contributed by atoms with Gasteiger partial charge in [0.1, 0.15) is 5.82 Å². The average molecular weight is 368 g/mol. The number of rotatable bonds is 9. The van der Waals surface area contributed by atoms with Crippen molar-refractivity contribution >= 4 is 23.4 Å². The zero-order valence-corrected chi connectivity index (χ0v) is 15.8. The highest BCUT2D eigenvalue weighted by Gasteiger charge is 2.25. The van der Waals surface area contributed by atoms with Crippen molar-refractivity contribution in [3.63, 3.8) is 0 Å². The summed E-state index contributed by atoms with van der Waals surface area (Å²) in [7, 11) is 0. The molecule has 0 aliphatic rings. The number of nitrogens with one attached hydrogen (secondary N) is 1. The topological polar surface area (TPSA) is 127 Å². The highest BCUT2D eigenvalue weighted by atomic mass is 16.5. The standard InChI is InChI=1S/C17H28N4O5/c1-5-7-9-20(12(22)10-26-16(24)11(3)4)13-14(18)21(8-6-2)17(25)19-15(13)23/h11H,5-10,18H2,1-4H3,(H,19,23,25). The first kappa shape index (κ1) is 21.5. The van der Waals surface area contributed by atoms with Gasteiger partial charge in [0.15, 0.2) is 12.3 Å². The lowest BCUT2D eigenvalue weighted by Crippen LogP contribution is -2.43. The fraction of sp³-hybridized carbons (Fsp3) is 0.647. The van der Waals surface area contributed by atoms with Crippen molar-refractivity contribution in [1.29, 1.82) is 0 Å². The van der Waals surface area contributed by atoms with Gasteiger partial charge in [0.2, 0.25) is 0 Å². The lowest BCUT2D eigenvalue weighted by atomic mass is 10.2. The second kappa shape index (κ2) is 9.79. The van der Waals surface area contributed by atoms with E-state index < -0.39 is 29.7 Å². The van der Waals surface area contributed by atoms with Crippen LogP contribution in [0.15, 0.2) is 9.59 Å². The van der Waals surface area contributed by atoms with Gasteiger partial charge in [-0.2, -0.15) is 0 Å². The Morgan fingerprint density at radius 3 is 2.42 bits per heavy atom. The van der Waals surface area contributed by atoms with Gasteiger partial charge in [-0.15, -0.1) is 0 Å². The van der Waals surface area contributed by atoms with Crippen LogP contribution in [-0.4, -0.2) is 34.6 Å². The Kier molecular flexibility index (Phi) is 8.08. The van der Waals surface area contributed by atoms with Crippen LogP contribution in [0.3, 0.4) is 0 Å². The molecule has 0 saturated carbocycles. The molecule has 0 aliphatic heterocycles. The van der Waals surface area contributed by atoms with Gasteiger partial charge in [0, 0.05) is 13.1 Å². The van der Waals surface area contributed by atoms with Crippen LogP contribution in [0.5, 0.6) is 0 Å². The van der Waals surface area contributed by atoms with E-state index in [1.807, 2.05) is 13.8 Å². The van der Waals surface area contributed by atoms with E-state index in [4.69, 9.17) is 10.5 Å². The Labute approximate surface area is 152 Å². The van der Waals surface area contributed by atoms with Crippen LogP contribution in [0, 0.1) is 5.92 Å². The lowest BCUT2D eigenvalue weighted by molar-refractivity contribution is -0.150. The summed E-state index contributed by atoms with van der Waals surface area (Å²) in [6, 6.07) is 0. The average Bonchev–Trinajstić information content (AvgIpc) is 2.58. The first-order chi connectivity index (χ1) is 12.2. The van der Waals surface area contributed by atoms with Crippen molar-refractivity contribution in [2.75, 3.05) is 23.8 Å². The number of H-pyrrole nitrogens is 1. The molecule has 1 aromatic heterocycles. The number of hydrogen-bond acceptors (Lipinski definition) is 6. The number of carbonyl (C=O) groups is 2. The SMILES string of the molecule is CCCCN(C(=O)COC(=O)C(C)C)c1c(N)n(CCC)c(=O)[nH]c1=O. The number of esters is 1. The molecule has 146 valence electrons. The fourth-order valence-electron chi connectivity index (χ4n) is 2.34. The minimum atomic E-state index is -0.737. The monoisotopic (exact) mass is 368 g/mol. The van der Waals surface area contributed by atoms with Gasteiger partial charge in [-0.25, -0.2) is 4.79 Å². The number of aromatic amines is 1. The number of anilines is 2. The summed E-state index contributed by atoms with van der Waals surface area (Å²) in [5.74, 6) is -1.51. The molecule has 0 unspecified atom stereocenters. The van der Waals surface area contributed by atoms with Crippen LogP contribution in [-0.2, 0) is 20.9 Å². The predicted octanol–water partition coefficient (Wildman–Crippen LogP) is 0.861. The largest absolute Gasteiger partial charge is 0.455 e. The molecule has 9 heteroatoms. The number of carbonyl (C=O) groups excluding carboxylic acids is 2. The van der Waals surface area contributed by atoms with Crippen molar-refractivity contribution in [2.24, 2.45) is 5.92 Å². The van der Waals surface area contributed by atoms with E-state index in [0.29, 0.717) is 19.4 Å². The smallest absolute Gasteiger partial charge is 0.330 e. The Morgan fingerprint density at radius 1 is 1.23 bits per heavy atom. The molecule has 1 heterocycles. The molecule has 0 radical (unpaired) electrons. The number of amides is 1. The Balaban J connectivity index is 3.26. The maximum absolute atomic E-state index is 12.6. The number of nitrogen functional groups attached to an aromatic ring is 1. The summed E-state index contributed by atoms with van der Waals surface area (Å²) in [5, 5.41) is 0. The van der Waals surface area contributed by atoms with E-state index in [1.54, 1.807) is 13.8 Å². The summed E-state index contributed by atoms with van der Waals surface area (Å²) >= 11 is 0. The molecule has 9 nitrogen and oxygen atoms in total. The van der Waals surface area contributed by atoms with Crippen LogP contribution in [0.25, 0.3) is 0 Å². The van der Waals surface area contributed by atoms with Gasteiger partial charge < -0.3 is 15.4 Å². The number of unbranched alkanes of at least 4 members (excludes halogenated alkanes) is 1. The predicted molar refractivity (Wildman–Crippen MR) is 99.1 cm³/mol.